The molecule has 0 aliphatic heterocycles. The maximum atomic E-state index is 6.08. The molecule has 44 heavy (non-hydrogen) atoms. The molecule has 0 spiro atoms. The summed E-state index contributed by atoms with van der Waals surface area (Å²) in [6, 6.07) is 45.3. The first-order valence-corrected chi connectivity index (χ1v) is 15.2. The molecule has 9 aromatic rings. The van der Waals surface area contributed by atoms with Gasteiger partial charge in [0.1, 0.15) is 16.2 Å². The molecular formula is C38H22N4OS. The van der Waals surface area contributed by atoms with Crippen LogP contribution in [0.5, 0.6) is 0 Å². The number of rotatable bonds is 4. The normalized spacial score (nSPS) is 11.6. The van der Waals surface area contributed by atoms with Crippen molar-refractivity contribution in [2.75, 3.05) is 0 Å². The van der Waals surface area contributed by atoms with Gasteiger partial charge in [-0.1, -0.05) is 97.1 Å². The van der Waals surface area contributed by atoms with E-state index >= 15 is 0 Å². The van der Waals surface area contributed by atoms with Gasteiger partial charge in [0, 0.05) is 38.4 Å². The van der Waals surface area contributed by atoms with Gasteiger partial charge in [0.25, 0.3) is 0 Å². The summed E-state index contributed by atoms with van der Waals surface area (Å²) in [5.74, 6) is 1.87. The van der Waals surface area contributed by atoms with Crippen LogP contribution in [0.15, 0.2) is 138 Å². The lowest BCUT2D eigenvalue weighted by Gasteiger charge is -2.09. The Balaban J connectivity index is 1.23. The van der Waals surface area contributed by atoms with E-state index < -0.39 is 0 Å². The van der Waals surface area contributed by atoms with Crippen LogP contribution in [0.4, 0.5) is 0 Å². The Labute approximate surface area is 256 Å². The fraction of sp³-hybridized carbons (Fsp3) is 0. The number of furan rings is 1. The number of hydrogen-bond donors (Lipinski definition) is 0. The van der Waals surface area contributed by atoms with E-state index in [1.54, 1.807) is 11.3 Å². The van der Waals surface area contributed by atoms with Gasteiger partial charge in [-0.25, -0.2) is 19.9 Å². The van der Waals surface area contributed by atoms with Crippen molar-refractivity contribution in [3.63, 3.8) is 0 Å². The minimum absolute atomic E-state index is 0.614. The molecule has 0 amide bonds. The molecule has 6 heteroatoms. The van der Waals surface area contributed by atoms with E-state index in [0.717, 1.165) is 70.2 Å². The van der Waals surface area contributed by atoms with Crippen molar-refractivity contribution in [3.05, 3.63) is 133 Å². The summed E-state index contributed by atoms with van der Waals surface area (Å²) in [6.07, 6.45) is 0. The number of benzene rings is 6. The zero-order valence-electron chi connectivity index (χ0n) is 23.3. The highest BCUT2D eigenvalue weighted by atomic mass is 32.1. The van der Waals surface area contributed by atoms with Crippen molar-refractivity contribution in [2.45, 2.75) is 0 Å². The first-order valence-electron chi connectivity index (χ1n) is 14.4. The number of hydrogen-bond acceptors (Lipinski definition) is 6. The molecule has 6 aromatic carbocycles. The number of thiazole rings is 1. The molecular weight excluding hydrogens is 561 g/mol. The average Bonchev–Trinajstić information content (AvgIpc) is 3.71. The minimum atomic E-state index is 0.614. The Morgan fingerprint density at radius 1 is 0.432 bits per heavy atom. The summed E-state index contributed by atoms with van der Waals surface area (Å²) in [4.78, 5) is 19.9. The van der Waals surface area contributed by atoms with Crippen LogP contribution in [0, 0.1) is 0 Å². The van der Waals surface area contributed by atoms with Gasteiger partial charge in [0.05, 0.1) is 10.2 Å². The summed E-state index contributed by atoms with van der Waals surface area (Å²) < 4.78 is 7.23. The highest BCUT2D eigenvalue weighted by Crippen LogP contribution is 2.37. The van der Waals surface area contributed by atoms with Gasteiger partial charge < -0.3 is 4.42 Å². The molecule has 0 aliphatic rings. The van der Waals surface area contributed by atoms with E-state index in [1.807, 2.05) is 78.9 Å². The van der Waals surface area contributed by atoms with Crippen LogP contribution in [-0.4, -0.2) is 19.9 Å². The Kier molecular flexibility index (Phi) is 5.61. The maximum absolute atomic E-state index is 6.08. The van der Waals surface area contributed by atoms with Crippen LogP contribution >= 0.6 is 11.3 Å². The van der Waals surface area contributed by atoms with E-state index in [9.17, 15) is 0 Å². The first kappa shape index (κ1) is 24.8. The van der Waals surface area contributed by atoms with E-state index in [0.29, 0.717) is 17.5 Å². The third-order valence-corrected chi connectivity index (χ3v) is 9.11. The summed E-state index contributed by atoms with van der Waals surface area (Å²) in [5, 5.41) is 5.40. The third kappa shape index (κ3) is 4.15. The summed E-state index contributed by atoms with van der Waals surface area (Å²) in [5.41, 5.74) is 6.58. The first-order chi connectivity index (χ1) is 21.8. The standard InChI is InChI=1S/C38H22N4OS/c1-3-9-24(10-4-1)35-40-36(42-37(41-35)27-18-20-33-30(22-27)28-13-7-8-14-32(28)43-33)26-16-15-23-17-19-31-34(29(23)21-26)44-38(39-31)25-11-5-2-6-12-25/h1-22H. The molecule has 0 saturated carbocycles. The van der Waals surface area contributed by atoms with Gasteiger partial charge >= 0.3 is 0 Å². The minimum Gasteiger partial charge on any atom is -0.456 e. The zero-order valence-corrected chi connectivity index (χ0v) is 24.1. The summed E-state index contributed by atoms with van der Waals surface area (Å²) >= 11 is 1.71. The quantitative estimate of drug-likeness (QED) is 0.207. The largest absolute Gasteiger partial charge is 0.456 e. The predicted molar refractivity (Wildman–Crippen MR) is 180 cm³/mol. The Bertz CT molecular complexity index is 2500. The molecule has 3 heterocycles. The monoisotopic (exact) mass is 582 g/mol. The molecule has 0 atom stereocenters. The molecule has 206 valence electrons. The van der Waals surface area contributed by atoms with Crippen LogP contribution in [0.25, 0.3) is 87.7 Å². The second-order valence-electron chi connectivity index (χ2n) is 10.7. The Hall–Kier alpha value is -5.72. The van der Waals surface area contributed by atoms with Gasteiger partial charge in [-0.15, -0.1) is 11.3 Å². The van der Waals surface area contributed by atoms with Gasteiger partial charge in [-0.3, -0.25) is 0 Å². The molecule has 0 fully saturated rings. The third-order valence-electron chi connectivity index (χ3n) is 7.95. The van der Waals surface area contributed by atoms with Crippen LogP contribution in [0.3, 0.4) is 0 Å². The smallest absolute Gasteiger partial charge is 0.164 e. The second-order valence-corrected chi connectivity index (χ2v) is 11.7. The molecule has 9 rings (SSSR count). The Morgan fingerprint density at radius 2 is 1.02 bits per heavy atom. The fourth-order valence-electron chi connectivity index (χ4n) is 5.76. The van der Waals surface area contributed by atoms with Gasteiger partial charge in [-0.05, 0) is 41.8 Å². The van der Waals surface area contributed by atoms with Crippen molar-refractivity contribution in [2.24, 2.45) is 0 Å². The Morgan fingerprint density at radius 3 is 1.80 bits per heavy atom. The lowest BCUT2D eigenvalue weighted by atomic mass is 10.1. The highest BCUT2D eigenvalue weighted by molar-refractivity contribution is 7.22. The van der Waals surface area contributed by atoms with Crippen LogP contribution in [-0.2, 0) is 0 Å². The lowest BCUT2D eigenvalue weighted by molar-refractivity contribution is 0.669. The second kappa shape index (κ2) is 9.93. The molecule has 0 bridgehead atoms. The van der Waals surface area contributed by atoms with Crippen LogP contribution < -0.4 is 0 Å². The molecule has 3 aromatic heterocycles. The van der Waals surface area contributed by atoms with Crippen molar-refractivity contribution in [3.8, 4) is 44.7 Å². The molecule has 0 unspecified atom stereocenters. The van der Waals surface area contributed by atoms with Gasteiger partial charge in [0.2, 0.25) is 0 Å². The van der Waals surface area contributed by atoms with E-state index in [2.05, 4.69) is 54.6 Å². The van der Waals surface area contributed by atoms with Gasteiger partial charge in [-0.2, -0.15) is 0 Å². The molecule has 5 nitrogen and oxygen atoms in total. The van der Waals surface area contributed by atoms with Crippen LogP contribution in [0.1, 0.15) is 0 Å². The zero-order chi connectivity index (χ0) is 29.0. The van der Waals surface area contributed by atoms with Gasteiger partial charge in [0.15, 0.2) is 17.5 Å². The average molecular weight is 583 g/mol. The van der Waals surface area contributed by atoms with E-state index in [4.69, 9.17) is 24.4 Å². The SMILES string of the molecule is c1ccc(-c2nc(-c3ccc4oc5ccccc5c4c3)nc(-c3ccc4ccc5nc(-c6ccccc6)sc5c4c3)n2)cc1. The van der Waals surface area contributed by atoms with Crippen LogP contribution in [0.2, 0.25) is 0 Å². The van der Waals surface area contributed by atoms with Crippen molar-refractivity contribution in [1.29, 1.82) is 0 Å². The number of fused-ring (bicyclic) bond motifs is 6. The highest BCUT2D eigenvalue weighted by Gasteiger charge is 2.16. The molecule has 0 radical (unpaired) electrons. The van der Waals surface area contributed by atoms with Crippen molar-refractivity contribution in [1.82, 2.24) is 19.9 Å². The van der Waals surface area contributed by atoms with E-state index in [-0.39, 0.29) is 0 Å². The number of para-hydroxylation sites is 1. The van der Waals surface area contributed by atoms with E-state index in [1.165, 1.54) is 0 Å². The number of aromatic nitrogens is 4. The summed E-state index contributed by atoms with van der Waals surface area (Å²) in [6.45, 7) is 0. The maximum Gasteiger partial charge on any atom is 0.164 e. The fourth-order valence-corrected chi connectivity index (χ4v) is 6.86. The molecule has 0 N–H and O–H groups in total. The molecule has 0 saturated heterocycles. The number of nitrogens with zero attached hydrogens (tertiary/aromatic N) is 4. The predicted octanol–water partition coefficient (Wildman–Crippen LogP) is 10.2. The van der Waals surface area contributed by atoms with Crippen molar-refractivity contribution >= 4 is 54.3 Å². The molecule has 0 aliphatic carbocycles. The summed E-state index contributed by atoms with van der Waals surface area (Å²) in [7, 11) is 0. The topological polar surface area (TPSA) is 64.7 Å². The van der Waals surface area contributed by atoms with Crippen molar-refractivity contribution < 1.29 is 4.42 Å². The lowest BCUT2D eigenvalue weighted by Crippen LogP contribution is -2.00.